The van der Waals surface area contributed by atoms with Crippen molar-refractivity contribution in [1.82, 2.24) is 4.90 Å². The Labute approximate surface area is 315 Å². The van der Waals surface area contributed by atoms with Crippen LogP contribution in [0.2, 0.25) is 0 Å². The van der Waals surface area contributed by atoms with Gasteiger partial charge in [0.1, 0.15) is 17.8 Å². The highest BCUT2D eigenvalue weighted by atomic mass is 16.7. The van der Waals surface area contributed by atoms with E-state index in [1.165, 1.54) is 6.92 Å². The minimum Gasteiger partial charge on any atom is -0.459 e. The third-order valence-electron chi connectivity index (χ3n) is 11.5. The van der Waals surface area contributed by atoms with E-state index in [9.17, 15) is 24.9 Å². The summed E-state index contributed by atoms with van der Waals surface area (Å²) < 4.78 is 32.8. The second-order valence-electron chi connectivity index (χ2n) is 16.3. The number of rotatable bonds is 5. The SMILES string of the molecule is CC[C@H]1OC(=O)[C@H](C)[C@@H](O)[C@H](C)[C@@H](O[C@@H]2O[C@H](C)C[C@H](N(C)C)[C@H]2O)[C@@]2(C)C[C@@H](C)C(=NC(C)=O)[C@H](C)[C@@H](OC/C(=C/c3ccccc3)CO2)[C@]1(C)O. The predicted octanol–water partition coefficient (Wildman–Crippen LogP) is 4.42. The van der Waals surface area contributed by atoms with Crippen LogP contribution in [0.3, 0.4) is 0 Å². The molecule has 1 aromatic carbocycles. The number of hydrogen-bond acceptors (Lipinski definition) is 11. The number of ether oxygens (including phenoxy) is 5. The first kappa shape index (κ1) is 43.2. The molecule has 0 aliphatic carbocycles. The van der Waals surface area contributed by atoms with Gasteiger partial charge in [-0.25, -0.2) is 4.99 Å². The van der Waals surface area contributed by atoms with Gasteiger partial charge in [0.25, 0.3) is 0 Å². The maximum absolute atomic E-state index is 13.9. The molecule has 1 aromatic rings. The van der Waals surface area contributed by atoms with Gasteiger partial charge in [-0.3, -0.25) is 9.59 Å². The first-order valence-electron chi connectivity index (χ1n) is 19.2. The van der Waals surface area contributed by atoms with Crippen LogP contribution in [0.5, 0.6) is 0 Å². The maximum Gasteiger partial charge on any atom is 0.311 e. The van der Waals surface area contributed by atoms with Crippen LogP contribution in [0.1, 0.15) is 87.1 Å². The molecule has 12 nitrogen and oxygen atoms in total. The van der Waals surface area contributed by atoms with Crippen molar-refractivity contribution in [3.8, 4) is 0 Å². The number of carbonyl (C=O) groups excluding carboxylic acids is 2. The number of nitrogens with zero attached hydrogens (tertiary/aromatic N) is 2. The van der Waals surface area contributed by atoms with E-state index in [1.807, 2.05) is 90.0 Å². The summed E-state index contributed by atoms with van der Waals surface area (Å²) in [6.07, 6.45) is -3.55. The fraction of sp³-hybridized carbons (Fsp3) is 0.732. The number of benzene rings is 1. The fourth-order valence-corrected chi connectivity index (χ4v) is 8.59. The Balaban J connectivity index is 1.99. The van der Waals surface area contributed by atoms with Crippen molar-refractivity contribution in [3.05, 3.63) is 41.5 Å². The topological polar surface area (TPSA) is 157 Å². The molecule has 3 heterocycles. The minimum atomic E-state index is -1.74. The van der Waals surface area contributed by atoms with E-state index < -0.39 is 83.6 Å². The Morgan fingerprint density at radius 3 is 2.30 bits per heavy atom. The minimum absolute atomic E-state index is 0.0365. The summed E-state index contributed by atoms with van der Waals surface area (Å²) in [5, 5.41) is 36.0. The van der Waals surface area contributed by atoms with Crippen molar-refractivity contribution >= 4 is 23.7 Å². The lowest BCUT2D eigenvalue weighted by atomic mass is 9.73. The molecule has 0 radical (unpaired) electrons. The summed E-state index contributed by atoms with van der Waals surface area (Å²) >= 11 is 0. The van der Waals surface area contributed by atoms with Crippen LogP contribution in [0.25, 0.3) is 6.08 Å². The molecule has 0 unspecified atom stereocenters. The molecule has 1 amide bonds. The average molecular weight is 745 g/mol. The van der Waals surface area contributed by atoms with Crippen molar-refractivity contribution in [2.24, 2.45) is 28.7 Å². The Bertz CT molecular complexity index is 1450. The number of fused-ring (bicyclic) bond motifs is 5. The highest BCUT2D eigenvalue weighted by Crippen LogP contribution is 2.41. The molecule has 12 heteroatoms. The standard InChI is InChI=1S/C41H64N2O10/c1-12-32-41(9,48)37-25(4)33(42-28(7)44)23(2)20-40(8,50-22-30(21-49-37)19-29-16-14-13-15-17-29)36(26(5)34(45)27(6)38(47)52-32)53-39-35(46)31(43(10)11)18-24(3)51-39/h13-17,19,23-27,31-32,34-37,39,45-46,48H,12,18,20-22H2,1-11H3/b30-19-,42-33?/t23-,24-,25+,26+,27-,31+,32-,34+,35-,36-,37-,39+,40-,41-/m1/s1. The largest absolute Gasteiger partial charge is 0.459 e. The molecule has 4 rings (SSSR count). The van der Waals surface area contributed by atoms with Crippen LogP contribution >= 0.6 is 0 Å². The Morgan fingerprint density at radius 1 is 1.04 bits per heavy atom. The lowest BCUT2D eigenvalue weighted by Crippen LogP contribution is -2.60. The number of aliphatic imine (C=N–C) groups is 1. The van der Waals surface area contributed by atoms with Crippen molar-refractivity contribution in [1.29, 1.82) is 0 Å². The second-order valence-corrected chi connectivity index (χ2v) is 16.3. The molecule has 14 atom stereocenters. The van der Waals surface area contributed by atoms with Crippen LogP contribution in [-0.4, -0.2) is 125 Å². The molecule has 3 aliphatic rings. The van der Waals surface area contributed by atoms with Crippen molar-refractivity contribution < 1.29 is 48.6 Å². The van der Waals surface area contributed by atoms with Gasteiger partial charge in [-0.1, -0.05) is 64.1 Å². The highest BCUT2D eigenvalue weighted by molar-refractivity contribution is 5.97. The smallest absolute Gasteiger partial charge is 0.311 e. The molecule has 0 spiro atoms. The monoisotopic (exact) mass is 744 g/mol. The second kappa shape index (κ2) is 17.9. The van der Waals surface area contributed by atoms with E-state index in [0.717, 1.165) is 11.1 Å². The Hall–Kier alpha value is -2.55. The molecule has 298 valence electrons. The number of hydrogen-bond donors (Lipinski definition) is 3. The third-order valence-corrected chi connectivity index (χ3v) is 11.5. The zero-order chi connectivity index (χ0) is 39.4. The molecule has 53 heavy (non-hydrogen) atoms. The number of esters is 1. The number of carbonyl (C=O) groups is 2. The van der Waals surface area contributed by atoms with Gasteiger partial charge in [0, 0.05) is 30.5 Å². The lowest BCUT2D eigenvalue weighted by Gasteiger charge is -2.48. The van der Waals surface area contributed by atoms with Crippen LogP contribution in [0.4, 0.5) is 0 Å². The zero-order valence-electron chi connectivity index (χ0n) is 33.5. The fourth-order valence-electron chi connectivity index (χ4n) is 8.59. The van der Waals surface area contributed by atoms with Gasteiger partial charge >= 0.3 is 5.97 Å². The number of aliphatic hydroxyl groups is 3. The number of cyclic esters (lactones) is 1. The maximum atomic E-state index is 13.9. The van der Waals surface area contributed by atoms with E-state index >= 15 is 0 Å². The lowest BCUT2D eigenvalue weighted by molar-refractivity contribution is -0.302. The molecular formula is C41H64N2O10. The van der Waals surface area contributed by atoms with Gasteiger partial charge in [0.05, 0.1) is 49.1 Å². The number of amides is 1. The van der Waals surface area contributed by atoms with E-state index in [1.54, 1.807) is 20.8 Å². The van der Waals surface area contributed by atoms with Gasteiger partial charge in [-0.05, 0) is 78.1 Å². The highest BCUT2D eigenvalue weighted by Gasteiger charge is 2.53. The summed E-state index contributed by atoms with van der Waals surface area (Å²) in [7, 11) is 3.79. The van der Waals surface area contributed by atoms with Crippen molar-refractivity contribution in [2.75, 3.05) is 27.3 Å². The van der Waals surface area contributed by atoms with Gasteiger partial charge in [0.2, 0.25) is 5.91 Å². The van der Waals surface area contributed by atoms with Crippen molar-refractivity contribution in [3.63, 3.8) is 0 Å². The Kier molecular flexibility index (Phi) is 14.6. The summed E-state index contributed by atoms with van der Waals surface area (Å²) in [4.78, 5) is 33.1. The summed E-state index contributed by atoms with van der Waals surface area (Å²) in [5.41, 5.74) is -0.808. The Morgan fingerprint density at radius 2 is 1.70 bits per heavy atom. The van der Waals surface area contributed by atoms with Crippen molar-refractivity contribution in [2.45, 2.75) is 142 Å². The van der Waals surface area contributed by atoms with E-state index in [2.05, 4.69) is 4.99 Å². The third kappa shape index (κ3) is 10.0. The quantitative estimate of drug-likeness (QED) is 0.367. The first-order valence-corrected chi connectivity index (χ1v) is 19.2. The number of aliphatic hydroxyl groups excluding tert-OH is 2. The summed E-state index contributed by atoms with van der Waals surface area (Å²) in [5.74, 6) is -3.95. The molecule has 2 bridgehead atoms. The van der Waals surface area contributed by atoms with Gasteiger partial charge in [0.15, 0.2) is 6.29 Å². The van der Waals surface area contributed by atoms with Gasteiger partial charge in [-0.2, -0.15) is 0 Å². The normalized spacial score (nSPS) is 42.4. The zero-order valence-corrected chi connectivity index (χ0v) is 33.5. The van der Waals surface area contributed by atoms with E-state index in [-0.39, 0.29) is 38.2 Å². The van der Waals surface area contributed by atoms with Crippen LogP contribution in [0, 0.1) is 23.7 Å². The van der Waals surface area contributed by atoms with Crippen LogP contribution in [-0.2, 0) is 33.3 Å². The molecule has 0 saturated carbocycles. The van der Waals surface area contributed by atoms with Crippen LogP contribution in [0.15, 0.2) is 40.9 Å². The average Bonchev–Trinajstić information content (AvgIpc) is 3.11. The van der Waals surface area contributed by atoms with E-state index in [0.29, 0.717) is 12.1 Å². The summed E-state index contributed by atoms with van der Waals surface area (Å²) in [6, 6.07) is 9.48. The molecule has 3 aliphatic heterocycles. The van der Waals surface area contributed by atoms with Gasteiger partial charge < -0.3 is 43.9 Å². The molecule has 3 fully saturated rings. The van der Waals surface area contributed by atoms with Gasteiger partial charge in [-0.15, -0.1) is 0 Å². The molecule has 3 N–H and O–H groups in total. The predicted molar refractivity (Wildman–Crippen MR) is 202 cm³/mol. The van der Waals surface area contributed by atoms with Crippen LogP contribution < -0.4 is 0 Å². The summed E-state index contributed by atoms with van der Waals surface area (Å²) in [6.45, 7) is 15.9. The molecule has 0 aromatic heterocycles. The van der Waals surface area contributed by atoms with E-state index in [4.69, 9.17) is 23.7 Å². The first-order chi connectivity index (χ1) is 24.8. The number of likely N-dealkylation sites (N-methyl/N-ethyl adjacent to an activating group) is 1. The molecule has 3 saturated heterocycles. The molecular weight excluding hydrogens is 680 g/mol.